The van der Waals surface area contributed by atoms with Crippen molar-refractivity contribution >= 4 is 39.9 Å². The Morgan fingerprint density at radius 3 is 2.67 bits per heavy atom. The van der Waals surface area contributed by atoms with E-state index in [2.05, 4.69) is 37.2 Å². The predicted molar refractivity (Wildman–Crippen MR) is 158 cm³/mol. The van der Waals surface area contributed by atoms with E-state index in [0.29, 0.717) is 17.1 Å². The number of esters is 1. The molecule has 0 saturated carbocycles. The molecule has 4 heterocycles. The van der Waals surface area contributed by atoms with E-state index in [0.717, 1.165) is 74.0 Å². The number of anilines is 1. The van der Waals surface area contributed by atoms with Gasteiger partial charge in [0.05, 0.1) is 13.3 Å². The van der Waals surface area contributed by atoms with E-state index < -0.39 is 5.97 Å². The molecule has 8 nitrogen and oxygen atoms in total. The number of methoxy groups -OCH3 is 1. The lowest BCUT2D eigenvalue weighted by molar-refractivity contribution is 0.0598. The fraction of sp³-hybridized carbons (Fsp3) is 0.290. The van der Waals surface area contributed by atoms with Gasteiger partial charge in [-0.2, -0.15) is 0 Å². The summed E-state index contributed by atoms with van der Waals surface area (Å²) >= 11 is 6.13. The average Bonchev–Trinajstić information content (AvgIpc) is 3.46. The van der Waals surface area contributed by atoms with Crippen LogP contribution in [0.25, 0.3) is 16.6 Å². The smallest absolute Gasteiger partial charge is 0.341 e. The van der Waals surface area contributed by atoms with Crippen LogP contribution in [0.5, 0.6) is 11.5 Å². The quantitative estimate of drug-likeness (QED) is 0.296. The van der Waals surface area contributed by atoms with Crippen LogP contribution in [0.4, 0.5) is 5.69 Å². The lowest BCUT2D eigenvalue weighted by Gasteiger charge is -2.37. The Labute approximate surface area is 238 Å². The lowest BCUT2D eigenvalue weighted by atomic mass is 9.94. The molecule has 2 aliphatic heterocycles. The number of benzene rings is 2. The molecule has 2 aliphatic rings. The van der Waals surface area contributed by atoms with Gasteiger partial charge in [0.25, 0.3) is 0 Å². The molecule has 0 spiro atoms. The van der Waals surface area contributed by atoms with Crippen LogP contribution in [0.1, 0.15) is 22.3 Å². The molecule has 2 N–H and O–H groups in total. The van der Waals surface area contributed by atoms with Crippen molar-refractivity contribution in [2.45, 2.75) is 6.42 Å². The number of ether oxygens (including phenoxy) is 2. The third-order valence-corrected chi connectivity index (χ3v) is 7.90. The van der Waals surface area contributed by atoms with E-state index in [1.54, 1.807) is 12.3 Å². The first-order valence-corrected chi connectivity index (χ1v) is 13.9. The zero-order chi connectivity index (χ0) is 27.5. The summed E-state index contributed by atoms with van der Waals surface area (Å²) in [5.74, 6) is 0.579. The summed E-state index contributed by atoms with van der Waals surface area (Å²) in [6, 6.07) is 17.7. The zero-order valence-corrected chi connectivity index (χ0v) is 23.2. The number of nitrogens with zero attached hydrogens (tertiary/aromatic N) is 3. The Balaban J connectivity index is 1.17. The van der Waals surface area contributed by atoms with Gasteiger partial charge in [-0.15, -0.1) is 0 Å². The minimum absolute atomic E-state index is 0.381. The maximum Gasteiger partial charge on any atom is 0.341 e. The zero-order valence-electron chi connectivity index (χ0n) is 22.5. The lowest BCUT2D eigenvalue weighted by Crippen LogP contribution is -2.47. The number of carbonyl (C=O) groups excluding carboxylic acids is 1. The van der Waals surface area contributed by atoms with Crippen molar-refractivity contribution in [3.8, 4) is 11.5 Å². The van der Waals surface area contributed by atoms with Crippen LogP contribution in [-0.2, 0) is 4.74 Å². The van der Waals surface area contributed by atoms with Gasteiger partial charge in [0.15, 0.2) is 0 Å². The van der Waals surface area contributed by atoms with Gasteiger partial charge in [0.2, 0.25) is 0 Å². The minimum Gasteiger partial charge on any atom is -0.465 e. The van der Waals surface area contributed by atoms with Crippen LogP contribution >= 0.6 is 11.6 Å². The van der Waals surface area contributed by atoms with Crippen molar-refractivity contribution in [2.24, 2.45) is 0 Å². The fourth-order valence-corrected chi connectivity index (χ4v) is 5.59. The first-order chi connectivity index (χ1) is 19.6. The Morgan fingerprint density at radius 1 is 1.05 bits per heavy atom. The predicted octanol–water partition coefficient (Wildman–Crippen LogP) is 5.36. The van der Waals surface area contributed by atoms with E-state index in [1.165, 1.54) is 23.8 Å². The number of aromatic amines is 1. The van der Waals surface area contributed by atoms with Gasteiger partial charge >= 0.3 is 5.97 Å². The van der Waals surface area contributed by atoms with Crippen LogP contribution in [0.3, 0.4) is 0 Å². The van der Waals surface area contributed by atoms with Gasteiger partial charge in [-0.1, -0.05) is 23.7 Å². The van der Waals surface area contributed by atoms with E-state index >= 15 is 0 Å². The molecule has 2 aromatic carbocycles. The van der Waals surface area contributed by atoms with Crippen LogP contribution in [0.2, 0.25) is 5.02 Å². The number of nitrogens with one attached hydrogen (secondary N) is 2. The summed E-state index contributed by atoms with van der Waals surface area (Å²) in [7, 11) is 1.38. The van der Waals surface area contributed by atoms with Gasteiger partial charge in [-0.05, 0) is 66.1 Å². The van der Waals surface area contributed by atoms with Crippen LogP contribution in [0.15, 0.2) is 72.6 Å². The summed E-state index contributed by atoms with van der Waals surface area (Å²) in [5, 5.41) is 5.22. The van der Waals surface area contributed by atoms with E-state index in [1.807, 2.05) is 42.6 Å². The molecular weight excluding hydrogens is 526 g/mol. The molecule has 0 unspecified atom stereocenters. The maximum absolute atomic E-state index is 12.5. The molecule has 6 rings (SSSR count). The number of carbonyl (C=O) groups is 1. The number of H-pyrrole nitrogens is 1. The highest BCUT2D eigenvalue weighted by molar-refractivity contribution is 6.30. The highest BCUT2D eigenvalue weighted by Gasteiger charge is 2.23. The summed E-state index contributed by atoms with van der Waals surface area (Å²) in [5.41, 5.74) is 6.31. The van der Waals surface area contributed by atoms with Gasteiger partial charge in [-0.3, -0.25) is 4.90 Å². The monoisotopic (exact) mass is 557 g/mol. The summed E-state index contributed by atoms with van der Waals surface area (Å²) in [6.45, 7) is 6.54. The number of aromatic nitrogens is 2. The molecule has 0 bridgehead atoms. The van der Waals surface area contributed by atoms with Crippen LogP contribution in [0, 0.1) is 0 Å². The molecular formula is C31H32ClN5O3. The standard InChI is InChI=1S/C31H32ClN5O3/c1-39-31(38)27-7-6-25(17-29(27)40-26-16-22-9-11-34-30(22)35-18-26)37-14-12-36(13-15-37)20-23-8-10-33-19-28(23)21-2-4-24(32)5-3-21/h2-7,9,11,16-18,33H,8,10,12-15,19-20H2,1H3,(H,34,35). The molecule has 40 heavy (non-hydrogen) atoms. The number of rotatable bonds is 7. The van der Waals surface area contributed by atoms with Gasteiger partial charge in [-0.25, -0.2) is 9.78 Å². The molecule has 0 amide bonds. The van der Waals surface area contributed by atoms with Crippen molar-refractivity contribution in [3.63, 3.8) is 0 Å². The largest absolute Gasteiger partial charge is 0.465 e. The molecule has 206 valence electrons. The van der Waals surface area contributed by atoms with Gasteiger partial charge < -0.3 is 24.7 Å². The third-order valence-electron chi connectivity index (χ3n) is 7.65. The number of pyridine rings is 1. The Bertz CT molecular complexity index is 1540. The third kappa shape index (κ3) is 5.70. The molecule has 9 heteroatoms. The first-order valence-electron chi connectivity index (χ1n) is 13.6. The molecule has 0 atom stereocenters. The molecule has 0 radical (unpaired) electrons. The van der Waals surface area contributed by atoms with E-state index in [4.69, 9.17) is 21.1 Å². The Kier molecular flexibility index (Phi) is 7.73. The van der Waals surface area contributed by atoms with Crippen molar-refractivity contribution in [3.05, 3.63) is 88.7 Å². The molecule has 0 aliphatic carbocycles. The average molecular weight is 558 g/mol. The van der Waals surface area contributed by atoms with E-state index in [9.17, 15) is 4.79 Å². The van der Waals surface area contributed by atoms with Gasteiger partial charge in [0.1, 0.15) is 22.7 Å². The fourth-order valence-electron chi connectivity index (χ4n) is 5.47. The topological polar surface area (TPSA) is 82.7 Å². The van der Waals surface area contributed by atoms with Crippen molar-refractivity contribution < 1.29 is 14.3 Å². The second kappa shape index (κ2) is 11.7. The number of fused-ring (bicyclic) bond motifs is 1. The normalized spacial score (nSPS) is 16.4. The minimum atomic E-state index is -0.436. The SMILES string of the molecule is COC(=O)c1ccc(N2CCN(CC3=C(c4ccc(Cl)cc4)CNCC3)CC2)cc1Oc1cnc2[nH]ccc2c1. The van der Waals surface area contributed by atoms with Crippen LogP contribution in [-0.4, -0.2) is 73.8 Å². The highest BCUT2D eigenvalue weighted by atomic mass is 35.5. The Morgan fingerprint density at radius 2 is 1.88 bits per heavy atom. The highest BCUT2D eigenvalue weighted by Crippen LogP contribution is 2.32. The molecule has 1 saturated heterocycles. The van der Waals surface area contributed by atoms with Crippen molar-refractivity contribution in [2.75, 3.05) is 57.8 Å². The summed E-state index contributed by atoms with van der Waals surface area (Å²) in [6.07, 6.45) is 4.54. The number of hydrogen-bond acceptors (Lipinski definition) is 7. The Hall–Kier alpha value is -3.85. The second-order valence-electron chi connectivity index (χ2n) is 10.1. The van der Waals surface area contributed by atoms with Crippen LogP contribution < -0.4 is 15.0 Å². The van der Waals surface area contributed by atoms with Crippen molar-refractivity contribution in [1.82, 2.24) is 20.2 Å². The number of hydrogen-bond donors (Lipinski definition) is 2. The van der Waals surface area contributed by atoms with Gasteiger partial charge in [0, 0.05) is 67.6 Å². The van der Waals surface area contributed by atoms with Crippen molar-refractivity contribution in [1.29, 1.82) is 0 Å². The summed E-state index contributed by atoms with van der Waals surface area (Å²) in [4.78, 5) is 24.9. The molecule has 2 aromatic heterocycles. The number of halogens is 1. The summed E-state index contributed by atoms with van der Waals surface area (Å²) < 4.78 is 11.2. The molecule has 4 aromatic rings. The second-order valence-corrected chi connectivity index (χ2v) is 10.6. The maximum atomic E-state index is 12.5. The molecule has 1 fully saturated rings. The van der Waals surface area contributed by atoms with E-state index in [-0.39, 0.29) is 0 Å². The first kappa shape index (κ1) is 26.4. The number of piperazine rings is 1.